The molecule has 2 N–H and O–H groups in total. The summed E-state index contributed by atoms with van der Waals surface area (Å²) in [6.07, 6.45) is 2.24. The van der Waals surface area contributed by atoms with Gasteiger partial charge >= 0.3 is 0 Å². The lowest BCUT2D eigenvalue weighted by Gasteiger charge is -2.34. The lowest BCUT2D eigenvalue weighted by Crippen LogP contribution is -2.44. The first-order valence-corrected chi connectivity index (χ1v) is 7.29. The Morgan fingerprint density at radius 3 is 2.72 bits per heavy atom. The fraction of sp³-hybridized carbons (Fsp3) is 0.385. The molecule has 1 heterocycles. The molecule has 5 heteroatoms. The normalized spacial score (nSPS) is 23.4. The van der Waals surface area contributed by atoms with E-state index in [1.807, 2.05) is 29.2 Å². The van der Waals surface area contributed by atoms with Crippen LogP contribution in [0.1, 0.15) is 24.5 Å². The Morgan fingerprint density at radius 2 is 2.17 bits per heavy atom. The number of thioether (sulfide) groups is 1. The fourth-order valence-electron chi connectivity index (χ4n) is 2.05. The van der Waals surface area contributed by atoms with Gasteiger partial charge in [0.15, 0.2) is 5.72 Å². The first-order chi connectivity index (χ1) is 8.61. The highest BCUT2D eigenvalue weighted by Gasteiger charge is 2.43. The monoisotopic (exact) mass is 280 g/mol. The van der Waals surface area contributed by atoms with Crippen molar-refractivity contribution in [2.24, 2.45) is 0 Å². The Kier molecular flexibility index (Phi) is 4.04. The molecule has 1 saturated heterocycles. The number of hydrogen-bond donors (Lipinski definition) is 2. The molecule has 1 aliphatic heterocycles. The maximum absolute atomic E-state index is 10.8. The third kappa shape index (κ3) is 2.30. The van der Waals surface area contributed by atoms with Crippen molar-refractivity contribution >= 4 is 34.5 Å². The number of rotatable bonds is 4. The Bertz CT molecular complexity index is 461. The number of aliphatic hydroxyl groups is 1. The summed E-state index contributed by atoms with van der Waals surface area (Å²) in [5.41, 5.74) is 0.671. The summed E-state index contributed by atoms with van der Waals surface area (Å²) in [5, 5.41) is 18.0. The van der Waals surface area contributed by atoms with Gasteiger partial charge in [0.1, 0.15) is 4.32 Å². The van der Waals surface area contributed by atoms with Crippen molar-refractivity contribution in [1.29, 1.82) is 5.41 Å². The van der Waals surface area contributed by atoms with Crippen LogP contribution in [0.5, 0.6) is 0 Å². The highest BCUT2D eigenvalue weighted by molar-refractivity contribution is 8.23. The molecule has 0 aromatic heterocycles. The molecule has 0 amide bonds. The summed E-state index contributed by atoms with van der Waals surface area (Å²) < 4.78 is 0.760. The van der Waals surface area contributed by atoms with Crippen LogP contribution in [-0.2, 0) is 5.72 Å². The second-order valence-corrected chi connectivity index (χ2v) is 5.90. The molecule has 1 atom stereocenters. The second-order valence-electron chi connectivity index (χ2n) is 4.29. The molecule has 0 aliphatic carbocycles. The first kappa shape index (κ1) is 13.5. The average molecular weight is 280 g/mol. The number of nitrogens with zero attached hydrogens (tertiary/aromatic N) is 1. The van der Waals surface area contributed by atoms with Gasteiger partial charge in [-0.05, 0) is 12.0 Å². The third-order valence-electron chi connectivity index (χ3n) is 3.05. The van der Waals surface area contributed by atoms with Crippen molar-refractivity contribution < 1.29 is 5.11 Å². The Balaban J connectivity index is 2.33. The van der Waals surface area contributed by atoms with E-state index >= 15 is 0 Å². The molecule has 1 unspecified atom stereocenters. The van der Waals surface area contributed by atoms with Gasteiger partial charge in [0.25, 0.3) is 0 Å². The van der Waals surface area contributed by atoms with Crippen LogP contribution in [0.15, 0.2) is 24.3 Å². The molecule has 0 spiro atoms. The molecule has 2 rings (SSSR count). The number of hydrogen-bond acceptors (Lipinski definition) is 4. The molecule has 1 aromatic rings. The molecule has 18 heavy (non-hydrogen) atoms. The van der Waals surface area contributed by atoms with Gasteiger partial charge in [-0.2, -0.15) is 0 Å². The zero-order valence-electron chi connectivity index (χ0n) is 10.2. The predicted molar refractivity (Wildman–Crippen MR) is 80.3 cm³/mol. The number of thiocarbonyl (C=S) groups is 1. The van der Waals surface area contributed by atoms with E-state index in [4.69, 9.17) is 17.6 Å². The van der Waals surface area contributed by atoms with Gasteiger partial charge in [-0.25, -0.2) is 0 Å². The van der Waals surface area contributed by atoms with Crippen LogP contribution in [0.2, 0.25) is 0 Å². The van der Waals surface area contributed by atoms with E-state index in [2.05, 4.69) is 6.92 Å². The second kappa shape index (κ2) is 5.38. The summed E-state index contributed by atoms with van der Waals surface area (Å²) in [7, 11) is 0. The molecule has 0 radical (unpaired) electrons. The van der Waals surface area contributed by atoms with Crippen molar-refractivity contribution in [3.05, 3.63) is 35.4 Å². The van der Waals surface area contributed by atoms with E-state index in [1.165, 1.54) is 18.0 Å². The van der Waals surface area contributed by atoms with Gasteiger partial charge < -0.3 is 15.4 Å². The van der Waals surface area contributed by atoms with Crippen molar-refractivity contribution in [3.8, 4) is 0 Å². The van der Waals surface area contributed by atoms with Gasteiger partial charge in [-0.15, -0.1) is 0 Å². The lowest BCUT2D eigenvalue weighted by atomic mass is 10.0. The number of nitrogens with one attached hydrogen (secondary N) is 1. The summed E-state index contributed by atoms with van der Waals surface area (Å²) in [4.78, 5) is 1.90. The van der Waals surface area contributed by atoms with Crippen molar-refractivity contribution in [2.75, 3.05) is 12.3 Å². The smallest absolute Gasteiger partial charge is 0.175 e. The molecule has 1 aliphatic rings. The Labute approximate surface area is 117 Å². The van der Waals surface area contributed by atoms with E-state index < -0.39 is 5.72 Å². The topological polar surface area (TPSA) is 47.3 Å². The molecule has 3 nitrogen and oxygen atoms in total. The SMILES string of the molecule is CCCN1C(=S)SCC1(O)c1ccc(C=N)cc1. The minimum Gasteiger partial charge on any atom is -0.366 e. The average Bonchev–Trinajstić information content (AvgIpc) is 2.69. The van der Waals surface area contributed by atoms with Crippen molar-refractivity contribution in [3.63, 3.8) is 0 Å². The van der Waals surface area contributed by atoms with Gasteiger partial charge in [-0.1, -0.05) is 55.2 Å². The van der Waals surface area contributed by atoms with Gasteiger partial charge in [0.2, 0.25) is 0 Å². The van der Waals surface area contributed by atoms with Crippen LogP contribution in [0.3, 0.4) is 0 Å². The first-order valence-electron chi connectivity index (χ1n) is 5.89. The maximum atomic E-state index is 10.8. The van der Waals surface area contributed by atoms with E-state index in [9.17, 15) is 5.11 Å². The standard InChI is InChI=1S/C13H16N2OS2/c1-2-7-15-12(17)18-9-13(15,16)11-5-3-10(8-14)4-6-11/h3-6,8,14,16H,2,7,9H2,1H3. The molecule has 0 saturated carbocycles. The maximum Gasteiger partial charge on any atom is 0.175 e. The van der Waals surface area contributed by atoms with E-state index in [0.717, 1.165) is 28.4 Å². The largest absolute Gasteiger partial charge is 0.366 e. The zero-order chi connectivity index (χ0) is 13.2. The Hall–Kier alpha value is -0.910. The molecule has 96 valence electrons. The molecular weight excluding hydrogens is 264 g/mol. The highest BCUT2D eigenvalue weighted by Crippen LogP contribution is 2.39. The highest BCUT2D eigenvalue weighted by atomic mass is 32.2. The van der Waals surface area contributed by atoms with Crippen LogP contribution >= 0.6 is 24.0 Å². The zero-order valence-corrected chi connectivity index (χ0v) is 11.9. The quantitative estimate of drug-likeness (QED) is 0.657. The van der Waals surface area contributed by atoms with Crippen molar-refractivity contribution in [1.82, 2.24) is 4.90 Å². The molecule has 0 bridgehead atoms. The fourth-order valence-corrected chi connectivity index (χ4v) is 3.52. The third-order valence-corrected chi connectivity index (χ3v) is 4.64. The Morgan fingerprint density at radius 1 is 1.50 bits per heavy atom. The summed E-state index contributed by atoms with van der Waals surface area (Å²) >= 11 is 6.82. The summed E-state index contributed by atoms with van der Waals surface area (Å²) in [6, 6.07) is 7.43. The van der Waals surface area contributed by atoms with Crippen LogP contribution in [0.25, 0.3) is 0 Å². The van der Waals surface area contributed by atoms with Gasteiger partial charge in [0.05, 0.1) is 5.75 Å². The van der Waals surface area contributed by atoms with Gasteiger partial charge in [0, 0.05) is 18.3 Å². The minimum absolute atomic E-state index is 0.565. The minimum atomic E-state index is -1.00. The summed E-state index contributed by atoms with van der Waals surface area (Å²) in [6.45, 7) is 2.83. The van der Waals surface area contributed by atoms with Crippen LogP contribution in [0, 0.1) is 5.41 Å². The van der Waals surface area contributed by atoms with Crippen LogP contribution in [-0.4, -0.2) is 32.8 Å². The molecule has 1 aromatic carbocycles. The van der Waals surface area contributed by atoms with Crippen molar-refractivity contribution in [2.45, 2.75) is 19.1 Å². The van der Waals surface area contributed by atoms with E-state index in [0.29, 0.717) is 5.75 Å². The summed E-state index contributed by atoms with van der Waals surface area (Å²) in [5.74, 6) is 0.565. The molecular formula is C13H16N2OS2. The van der Waals surface area contributed by atoms with Gasteiger partial charge in [-0.3, -0.25) is 0 Å². The number of benzene rings is 1. The van der Waals surface area contributed by atoms with E-state index in [-0.39, 0.29) is 0 Å². The lowest BCUT2D eigenvalue weighted by molar-refractivity contribution is -0.0464. The molecule has 1 fully saturated rings. The van der Waals surface area contributed by atoms with Crippen LogP contribution in [0.4, 0.5) is 0 Å². The van der Waals surface area contributed by atoms with E-state index in [1.54, 1.807) is 0 Å². The van der Waals surface area contributed by atoms with Crippen LogP contribution < -0.4 is 0 Å². The predicted octanol–water partition coefficient (Wildman–Crippen LogP) is 2.57.